The zero-order chi connectivity index (χ0) is 25.7. The molecular weight excluding hydrogens is 468 g/mol. The lowest BCUT2D eigenvalue weighted by atomic mass is 9.85. The number of alkyl halides is 12. The van der Waals surface area contributed by atoms with E-state index in [1.807, 2.05) is 0 Å². The van der Waals surface area contributed by atoms with E-state index in [1.54, 1.807) is 0 Å². The molecule has 0 radical (unpaired) electrons. The molecule has 0 N–H and O–H groups in total. The highest BCUT2D eigenvalue weighted by Gasteiger charge is 2.69. The molecule has 3 nitrogen and oxygen atoms in total. The van der Waals surface area contributed by atoms with Crippen molar-refractivity contribution in [3.8, 4) is 0 Å². The summed E-state index contributed by atoms with van der Waals surface area (Å²) in [4.78, 5) is 0. The average molecular weight is 490 g/mol. The molecule has 1 unspecified atom stereocenters. The van der Waals surface area contributed by atoms with Crippen LogP contribution >= 0.6 is 0 Å². The van der Waals surface area contributed by atoms with Crippen LogP contribution in [0.2, 0.25) is 0 Å². The molecule has 0 rings (SSSR count). The van der Waals surface area contributed by atoms with Gasteiger partial charge in [-0.15, -0.1) is 13.2 Å². The van der Waals surface area contributed by atoms with Crippen molar-refractivity contribution in [3.63, 3.8) is 0 Å². The van der Waals surface area contributed by atoms with Gasteiger partial charge in [0.1, 0.15) is 0 Å². The first kappa shape index (κ1) is 30.0. The first-order valence-corrected chi connectivity index (χ1v) is 8.40. The van der Waals surface area contributed by atoms with Crippen LogP contribution in [0.15, 0.2) is 0 Å². The topological polar surface area (TPSA) is 27.7 Å². The maximum Gasteiger partial charge on any atom is 0.523 e. The van der Waals surface area contributed by atoms with Gasteiger partial charge >= 0.3 is 30.7 Å². The van der Waals surface area contributed by atoms with Crippen LogP contribution in [0.4, 0.5) is 52.7 Å². The highest BCUT2D eigenvalue weighted by atomic mass is 19.4. The van der Waals surface area contributed by atoms with Crippen LogP contribution in [0, 0.1) is 5.92 Å². The van der Waals surface area contributed by atoms with Gasteiger partial charge in [0.25, 0.3) is 0 Å². The Kier molecular flexibility index (Phi) is 7.86. The molecular formula is C16H22F12O3. The van der Waals surface area contributed by atoms with E-state index in [4.69, 9.17) is 0 Å². The Morgan fingerprint density at radius 1 is 0.516 bits per heavy atom. The number of rotatable bonds is 9. The molecule has 0 aliphatic heterocycles. The number of ether oxygens (including phenoxy) is 3. The van der Waals surface area contributed by atoms with Gasteiger partial charge in [0, 0.05) is 0 Å². The van der Waals surface area contributed by atoms with Gasteiger partial charge in [-0.2, -0.15) is 39.5 Å². The second kappa shape index (κ2) is 8.12. The SMILES string of the molecule is CC(C(C)(C)OC(F)(F)C(C)(C)OC(F)(F)F)C(F)(F)C(F)(F)OC(C)(C)C(F)(F)F. The maximum atomic E-state index is 14.4. The lowest BCUT2D eigenvalue weighted by molar-refractivity contribution is -0.454. The Morgan fingerprint density at radius 3 is 1.23 bits per heavy atom. The quantitative estimate of drug-likeness (QED) is 0.329. The van der Waals surface area contributed by atoms with E-state index in [0.717, 1.165) is 0 Å². The van der Waals surface area contributed by atoms with E-state index in [2.05, 4.69) is 14.2 Å². The molecule has 1 atom stereocenters. The lowest BCUT2D eigenvalue weighted by Crippen LogP contribution is -2.61. The molecule has 188 valence electrons. The number of hydrogen-bond donors (Lipinski definition) is 0. The maximum absolute atomic E-state index is 14.4. The fourth-order valence-corrected chi connectivity index (χ4v) is 2.03. The van der Waals surface area contributed by atoms with Crippen LogP contribution in [0.25, 0.3) is 0 Å². The third-order valence-electron chi connectivity index (χ3n) is 4.50. The van der Waals surface area contributed by atoms with Crippen LogP contribution in [0.5, 0.6) is 0 Å². The molecule has 0 aromatic heterocycles. The molecule has 0 aromatic rings. The van der Waals surface area contributed by atoms with Crippen LogP contribution in [0.1, 0.15) is 48.5 Å². The zero-order valence-corrected chi connectivity index (χ0v) is 17.3. The predicted molar refractivity (Wildman–Crippen MR) is 81.6 cm³/mol. The fourth-order valence-electron chi connectivity index (χ4n) is 2.03. The summed E-state index contributed by atoms with van der Waals surface area (Å²) in [7, 11) is 0. The minimum Gasteiger partial charge on any atom is -0.312 e. The summed E-state index contributed by atoms with van der Waals surface area (Å²) in [5.74, 6) is -8.53. The molecule has 0 saturated heterocycles. The second-order valence-corrected chi connectivity index (χ2v) is 8.25. The molecule has 0 amide bonds. The zero-order valence-electron chi connectivity index (χ0n) is 17.3. The van der Waals surface area contributed by atoms with Crippen LogP contribution in [0.3, 0.4) is 0 Å². The Morgan fingerprint density at radius 2 is 0.903 bits per heavy atom. The largest absolute Gasteiger partial charge is 0.523 e. The van der Waals surface area contributed by atoms with Gasteiger partial charge in [-0.25, -0.2) is 0 Å². The van der Waals surface area contributed by atoms with Crippen LogP contribution in [-0.4, -0.2) is 47.5 Å². The summed E-state index contributed by atoms with van der Waals surface area (Å²) < 4.78 is 171. The normalized spacial score (nSPS) is 17.1. The van der Waals surface area contributed by atoms with Crippen molar-refractivity contribution in [1.29, 1.82) is 0 Å². The average Bonchev–Trinajstić information content (AvgIpc) is 2.39. The minimum atomic E-state index is -5.83. The van der Waals surface area contributed by atoms with Crippen molar-refractivity contribution < 1.29 is 66.9 Å². The lowest BCUT2D eigenvalue weighted by Gasteiger charge is -2.45. The molecule has 15 heteroatoms. The van der Waals surface area contributed by atoms with E-state index in [-0.39, 0.29) is 34.6 Å². The summed E-state index contributed by atoms with van der Waals surface area (Å²) in [6.45, 7) is 1.52. The van der Waals surface area contributed by atoms with Gasteiger partial charge in [0.15, 0.2) is 11.2 Å². The molecule has 0 aromatic carbocycles. The van der Waals surface area contributed by atoms with Crippen molar-refractivity contribution in [3.05, 3.63) is 0 Å². The Bertz CT molecular complexity index is 620. The van der Waals surface area contributed by atoms with Crippen LogP contribution < -0.4 is 0 Å². The fraction of sp³-hybridized carbons (Fsp3) is 1.00. The molecule has 0 bridgehead atoms. The van der Waals surface area contributed by atoms with Crippen molar-refractivity contribution in [1.82, 2.24) is 0 Å². The van der Waals surface area contributed by atoms with E-state index in [9.17, 15) is 52.7 Å². The standard InChI is InChI=1S/C16H22F12O3/c1-8(12(17,18)15(24,25)30-10(4,5)13(19,20)21)9(2,3)29-14(22,23)11(6,7)31-16(26,27)28/h8H,1-7H3. The van der Waals surface area contributed by atoms with Crippen molar-refractivity contribution in [2.24, 2.45) is 5.92 Å². The van der Waals surface area contributed by atoms with Gasteiger partial charge in [-0.3, -0.25) is 4.74 Å². The first-order valence-electron chi connectivity index (χ1n) is 8.40. The Labute approximate surface area is 170 Å². The monoisotopic (exact) mass is 490 g/mol. The van der Waals surface area contributed by atoms with E-state index >= 15 is 0 Å². The van der Waals surface area contributed by atoms with E-state index in [0.29, 0.717) is 13.8 Å². The highest BCUT2D eigenvalue weighted by Crippen LogP contribution is 2.51. The summed E-state index contributed by atoms with van der Waals surface area (Å²) in [6.07, 6.45) is -21.9. The smallest absolute Gasteiger partial charge is 0.312 e. The highest BCUT2D eigenvalue weighted by molar-refractivity contribution is 4.96. The summed E-state index contributed by atoms with van der Waals surface area (Å²) in [5, 5.41) is 0. The van der Waals surface area contributed by atoms with Gasteiger partial charge in [0.2, 0.25) is 0 Å². The van der Waals surface area contributed by atoms with Gasteiger partial charge in [0.05, 0.1) is 11.5 Å². The van der Waals surface area contributed by atoms with Crippen molar-refractivity contribution >= 4 is 0 Å². The third-order valence-corrected chi connectivity index (χ3v) is 4.50. The van der Waals surface area contributed by atoms with E-state index < -0.39 is 53.4 Å². The Balaban J connectivity index is 5.91. The predicted octanol–water partition coefficient (Wildman–Crippen LogP) is 6.91. The first-order chi connectivity index (χ1) is 13.0. The summed E-state index contributed by atoms with van der Waals surface area (Å²) in [6, 6.07) is 0. The number of halogens is 12. The Hall–Kier alpha value is -0.960. The minimum absolute atomic E-state index is 0.0362. The van der Waals surface area contributed by atoms with Gasteiger partial charge in [-0.1, -0.05) is 6.92 Å². The number of hydrogen-bond acceptors (Lipinski definition) is 3. The molecule has 0 spiro atoms. The van der Waals surface area contributed by atoms with Gasteiger partial charge < -0.3 is 9.47 Å². The molecule has 0 saturated carbocycles. The molecule has 0 aliphatic rings. The van der Waals surface area contributed by atoms with Crippen LogP contribution in [-0.2, 0) is 14.2 Å². The molecule has 0 aliphatic carbocycles. The van der Waals surface area contributed by atoms with Crippen molar-refractivity contribution in [2.45, 2.75) is 95.9 Å². The molecule has 0 fully saturated rings. The summed E-state index contributed by atoms with van der Waals surface area (Å²) >= 11 is 0. The molecule has 0 heterocycles. The van der Waals surface area contributed by atoms with E-state index in [1.165, 1.54) is 0 Å². The van der Waals surface area contributed by atoms with Gasteiger partial charge in [-0.05, 0) is 41.5 Å². The third kappa shape index (κ3) is 6.76. The second-order valence-electron chi connectivity index (χ2n) is 8.25. The molecule has 31 heavy (non-hydrogen) atoms. The van der Waals surface area contributed by atoms with Crippen molar-refractivity contribution in [2.75, 3.05) is 0 Å². The summed E-state index contributed by atoms with van der Waals surface area (Å²) in [5.41, 5.74) is -10.3.